The summed E-state index contributed by atoms with van der Waals surface area (Å²) in [6, 6.07) is 24.4. The van der Waals surface area contributed by atoms with Gasteiger partial charge in [-0.2, -0.15) is 4.72 Å². The number of fused-ring (bicyclic) bond motifs is 1. The van der Waals surface area contributed by atoms with Gasteiger partial charge < -0.3 is 4.90 Å². The molecular weight excluding hydrogens is 532 g/mol. The third-order valence-corrected chi connectivity index (χ3v) is 8.46. The molecule has 9 nitrogen and oxygen atoms in total. The molecule has 0 radical (unpaired) electrons. The second-order valence-corrected chi connectivity index (χ2v) is 11.7. The van der Waals surface area contributed by atoms with E-state index in [0.29, 0.717) is 15.9 Å². The Morgan fingerprint density at radius 1 is 0.923 bits per heavy atom. The molecule has 1 amide bonds. The van der Waals surface area contributed by atoms with Gasteiger partial charge in [0.25, 0.3) is 0 Å². The highest BCUT2D eigenvalue weighted by atomic mass is 32.2. The van der Waals surface area contributed by atoms with Gasteiger partial charge in [-0.15, -0.1) is 10.2 Å². The number of pyridine rings is 1. The van der Waals surface area contributed by atoms with Crippen LogP contribution in [0.5, 0.6) is 0 Å². The molecule has 0 saturated carbocycles. The van der Waals surface area contributed by atoms with Gasteiger partial charge in [-0.25, -0.2) is 8.42 Å². The van der Waals surface area contributed by atoms with E-state index in [1.807, 2.05) is 73.6 Å². The van der Waals surface area contributed by atoms with Crippen molar-refractivity contribution in [2.45, 2.75) is 17.4 Å². The summed E-state index contributed by atoms with van der Waals surface area (Å²) in [6.45, 7) is 0. The molecule has 3 aromatic carbocycles. The minimum absolute atomic E-state index is 0.00540. The summed E-state index contributed by atoms with van der Waals surface area (Å²) < 4.78 is 29.6. The van der Waals surface area contributed by atoms with E-state index in [1.54, 1.807) is 24.3 Å². The molecule has 2 N–H and O–H groups in total. The van der Waals surface area contributed by atoms with Crippen molar-refractivity contribution >= 4 is 49.0 Å². The summed E-state index contributed by atoms with van der Waals surface area (Å²) in [7, 11) is -0.177. The summed E-state index contributed by atoms with van der Waals surface area (Å²) in [6.07, 6.45) is 1.68. The molecule has 0 aliphatic carbocycles. The number of anilines is 2. The maximum Gasteiger partial charge on any atom is 0.244 e. The fourth-order valence-electron chi connectivity index (χ4n) is 4.07. The number of para-hydroxylation sites is 1. The molecule has 0 saturated heterocycles. The maximum absolute atomic E-state index is 13.5. The number of hydrogen-bond acceptors (Lipinski definition) is 8. The van der Waals surface area contributed by atoms with Gasteiger partial charge in [-0.1, -0.05) is 59.9 Å². The molecule has 11 heteroatoms. The van der Waals surface area contributed by atoms with Crippen LogP contribution in [0.4, 0.5) is 10.8 Å². The molecule has 5 rings (SSSR count). The zero-order chi connectivity index (χ0) is 27.4. The molecule has 1 atom stereocenters. The van der Waals surface area contributed by atoms with E-state index in [-0.39, 0.29) is 16.4 Å². The van der Waals surface area contributed by atoms with Crippen LogP contribution < -0.4 is 14.9 Å². The fourth-order valence-corrected chi connectivity index (χ4v) is 6.19. The van der Waals surface area contributed by atoms with E-state index >= 15 is 0 Å². The molecule has 1 unspecified atom stereocenters. The first-order valence-electron chi connectivity index (χ1n) is 12.1. The van der Waals surface area contributed by atoms with E-state index < -0.39 is 22.0 Å². The molecule has 5 aromatic rings. The number of nitrogens with zero attached hydrogens (tertiary/aromatic N) is 4. The maximum atomic E-state index is 13.5. The van der Waals surface area contributed by atoms with E-state index in [2.05, 4.69) is 25.2 Å². The van der Waals surface area contributed by atoms with Crippen molar-refractivity contribution in [3.05, 3.63) is 96.7 Å². The van der Waals surface area contributed by atoms with Crippen LogP contribution in [0.25, 0.3) is 21.5 Å². The Morgan fingerprint density at radius 2 is 1.67 bits per heavy atom. The molecule has 0 spiro atoms. The molecule has 0 bridgehead atoms. The smallest absolute Gasteiger partial charge is 0.244 e. The Hall–Kier alpha value is -4.19. The molecule has 0 aliphatic rings. The summed E-state index contributed by atoms with van der Waals surface area (Å²) in [5.41, 5.74) is 3.05. The molecule has 2 aromatic heterocycles. The van der Waals surface area contributed by atoms with Gasteiger partial charge in [0.15, 0.2) is 0 Å². The molecule has 0 fully saturated rings. The van der Waals surface area contributed by atoms with Gasteiger partial charge in [0, 0.05) is 36.9 Å². The number of sulfonamides is 1. The Morgan fingerprint density at radius 3 is 2.41 bits per heavy atom. The Labute approximate surface area is 230 Å². The average molecular weight is 559 g/mol. The zero-order valence-electron chi connectivity index (χ0n) is 21.3. The predicted octanol–water partition coefficient (Wildman–Crippen LogP) is 4.35. The first kappa shape index (κ1) is 26.4. The van der Waals surface area contributed by atoms with Gasteiger partial charge in [0.1, 0.15) is 15.9 Å². The van der Waals surface area contributed by atoms with Crippen LogP contribution in [0, 0.1) is 0 Å². The van der Waals surface area contributed by atoms with Crippen LogP contribution in [0.2, 0.25) is 0 Å². The van der Waals surface area contributed by atoms with Gasteiger partial charge in [0.2, 0.25) is 21.1 Å². The third-order valence-electron chi connectivity index (χ3n) is 6.07. The van der Waals surface area contributed by atoms with Crippen molar-refractivity contribution in [2.24, 2.45) is 0 Å². The van der Waals surface area contributed by atoms with E-state index in [1.165, 1.54) is 23.6 Å². The minimum Gasteiger partial charge on any atom is -0.378 e. The number of hydrogen-bond donors (Lipinski definition) is 2. The Bertz CT molecular complexity index is 1700. The minimum atomic E-state index is -4.10. The molecule has 198 valence electrons. The Balaban J connectivity index is 1.40. The van der Waals surface area contributed by atoms with E-state index in [4.69, 9.17) is 0 Å². The van der Waals surface area contributed by atoms with Gasteiger partial charge in [0.05, 0.1) is 5.52 Å². The lowest BCUT2D eigenvalue weighted by atomic mass is 10.1. The lowest BCUT2D eigenvalue weighted by molar-refractivity contribution is -0.117. The predicted molar refractivity (Wildman–Crippen MR) is 154 cm³/mol. The van der Waals surface area contributed by atoms with Gasteiger partial charge in [-0.3, -0.25) is 15.1 Å². The monoisotopic (exact) mass is 558 g/mol. The molecular formula is C28H26N6O3S2. The summed E-state index contributed by atoms with van der Waals surface area (Å²) in [4.78, 5) is 19.7. The average Bonchev–Trinajstić information content (AvgIpc) is 3.41. The number of carbonyl (C=O) groups excluding carboxylic acids is 1. The van der Waals surface area contributed by atoms with Crippen molar-refractivity contribution in [3.63, 3.8) is 0 Å². The van der Waals surface area contributed by atoms with Gasteiger partial charge in [-0.05, 0) is 48.4 Å². The highest BCUT2D eigenvalue weighted by Gasteiger charge is 2.28. The Kier molecular flexibility index (Phi) is 7.64. The molecule has 0 aliphatic heterocycles. The van der Waals surface area contributed by atoms with Crippen molar-refractivity contribution in [1.82, 2.24) is 19.9 Å². The SMILES string of the molecule is CN(C)c1ccc(-c2nnc(NC(=O)C(Cc3ccccc3)NS(=O)(=O)c3cccc4cccnc34)s2)cc1. The van der Waals surface area contributed by atoms with Crippen molar-refractivity contribution in [2.75, 3.05) is 24.3 Å². The van der Waals surface area contributed by atoms with Crippen LogP contribution in [0.15, 0.2) is 96.0 Å². The first-order chi connectivity index (χ1) is 18.8. The zero-order valence-corrected chi connectivity index (χ0v) is 22.9. The fraction of sp³-hybridized carbons (Fsp3) is 0.143. The van der Waals surface area contributed by atoms with Crippen LogP contribution in [0.1, 0.15) is 5.56 Å². The summed E-state index contributed by atoms with van der Waals surface area (Å²) in [5, 5.41) is 12.7. The topological polar surface area (TPSA) is 117 Å². The number of nitrogens with one attached hydrogen (secondary N) is 2. The number of rotatable bonds is 9. The van der Waals surface area contributed by atoms with Crippen LogP contribution in [-0.4, -0.2) is 49.6 Å². The second kappa shape index (κ2) is 11.3. The number of aromatic nitrogens is 3. The number of benzene rings is 3. The third kappa shape index (κ3) is 6.11. The van der Waals surface area contributed by atoms with Crippen molar-refractivity contribution in [3.8, 4) is 10.6 Å². The van der Waals surface area contributed by atoms with Crippen LogP contribution in [-0.2, 0) is 21.2 Å². The molecule has 39 heavy (non-hydrogen) atoms. The lowest BCUT2D eigenvalue weighted by Crippen LogP contribution is -2.45. The van der Waals surface area contributed by atoms with Crippen molar-refractivity contribution < 1.29 is 13.2 Å². The standard InChI is InChI=1S/C28H26N6O3S2/c1-34(2)22-15-13-21(14-16-22)27-31-32-28(38-27)30-26(35)23(18-19-8-4-3-5-9-19)33-39(36,37)24-12-6-10-20-11-7-17-29-25(20)24/h3-17,23,33H,18H2,1-2H3,(H,30,32,35). The number of carbonyl (C=O) groups is 1. The molecule has 2 heterocycles. The summed E-state index contributed by atoms with van der Waals surface area (Å²) >= 11 is 1.21. The second-order valence-electron chi connectivity index (χ2n) is 9.04. The first-order valence-corrected chi connectivity index (χ1v) is 14.4. The highest BCUT2D eigenvalue weighted by molar-refractivity contribution is 7.89. The normalized spacial score (nSPS) is 12.3. The quantitative estimate of drug-likeness (QED) is 0.276. The van der Waals surface area contributed by atoms with Crippen LogP contribution in [0.3, 0.4) is 0 Å². The van der Waals surface area contributed by atoms with Gasteiger partial charge >= 0.3 is 0 Å². The van der Waals surface area contributed by atoms with E-state index in [0.717, 1.165) is 16.8 Å². The highest BCUT2D eigenvalue weighted by Crippen LogP contribution is 2.28. The lowest BCUT2D eigenvalue weighted by Gasteiger charge is -2.18. The largest absolute Gasteiger partial charge is 0.378 e. The van der Waals surface area contributed by atoms with Crippen LogP contribution >= 0.6 is 11.3 Å². The number of amides is 1. The van der Waals surface area contributed by atoms with E-state index in [9.17, 15) is 13.2 Å². The van der Waals surface area contributed by atoms with Crippen molar-refractivity contribution in [1.29, 1.82) is 0 Å². The summed E-state index contributed by atoms with van der Waals surface area (Å²) in [5.74, 6) is -0.540.